The summed E-state index contributed by atoms with van der Waals surface area (Å²) in [5.41, 5.74) is -0.758. The minimum atomic E-state index is -4.49. The van der Waals surface area contributed by atoms with Crippen LogP contribution in [0.15, 0.2) is 18.2 Å². The third-order valence-corrected chi connectivity index (χ3v) is 5.73. The van der Waals surface area contributed by atoms with E-state index in [9.17, 15) is 22.8 Å². The molecule has 1 aliphatic carbocycles. The quantitative estimate of drug-likeness (QED) is 0.816. The molecule has 1 spiro atoms. The summed E-state index contributed by atoms with van der Waals surface area (Å²) in [7, 11) is 0. The normalized spacial score (nSPS) is 25.7. The number of carbonyl (C=O) groups excluding carboxylic acids is 2. The van der Waals surface area contributed by atoms with Gasteiger partial charge < -0.3 is 19.7 Å². The highest BCUT2D eigenvalue weighted by Gasteiger charge is 2.53. The molecule has 1 aromatic rings. The molecular weight excluding hydrogens is 401 g/mol. The number of hydrogen-bond donors (Lipinski definition) is 1. The summed E-state index contributed by atoms with van der Waals surface area (Å²) in [6.45, 7) is 1.31. The molecule has 0 radical (unpaired) electrons. The zero-order valence-electron chi connectivity index (χ0n) is 14.7. The van der Waals surface area contributed by atoms with E-state index in [0.29, 0.717) is 31.5 Å². The minimum Gasteiger partial charge on any atom is -0.447 e. The molecular formula is C18H18ClF3N2O4. The van der Waals surface area contributed by atoms with Gasteiger partial charge in [0.1, 0.15) is 12.1 Å². The van der Waals surface area contributed by atoms with Crippen molar-refractivity contribution in [1.29, 1.82) is 0 Å². The molecule has 1 saturated carbocycles. The van der Waals surface area contributed by atoms with Gasteiger partial charge in [-0.1, -0.05) is 17.7 Å². The van der Waals surface area contributed by atoms with E-state index in [0.717, 1.165) is 6.07 Å². The Hall–Kier alpha value is -2.00. The molecule has 4 rings (SSSR count). The average molecular weight is 419 g/mol. The molecule has 2 saturated heterocycles. The smallest absolute Gasteiger partial charge is 0.417 e. The van der Waals surface area contributed by atoms with Gasteiger partial charge in [-0.3, -0.25) is 4.79 Å². The van der Waals surface area contributed by atoms with Crippen molar-refractivity contribution in [1.82, 2.24) is 10.2 Å². The van der Waals surface area contributed by atoms with E-state index in [1.54, 1.807) is 4.90 Å². The Morgan fingerprint density at radius 1 is 1.36 bits per heavy atom. The number of halogens is 4. The maximum absolute atomic E-state index is 12.7. The number of cyclic esters (lactones) is 1. The summed E-state index contributed by atoms with van der Waals surface area (Å²) in [6, 6.07) is 3.54. The van der Waals surface area contributed by atoms with Crippen molar-refractivity contribution in [2.24, 2.45) is 5.92 Å². The number of carbonyl (C=O) groups is 2. The number of benzene rings is 1. The molecule has 2 aliphatic heterocycles. The molecule has 1 aromatic carbocycles. The maximum Gasteiger partial charge on any atom is 0.417 e. The molecule has 2 heterocycles. The van der Waals surface area contributed by atoms with Crippen molar-refractivity contribution < 1.29 is 32.2 Å². The highest BCUT2D eigenvalue weighted by molar-refractivity contribution is 6.31. The molecule has 0 aromatic heterocycles. The molecule has 0 bridgehead atoms. The highest BCUT2D eigenvalue weighted by Crippen LogP contribution is 2.37. The van der Waals surface area contributed by atoms with Gasteiger partial charge in [0, 0.05) is 19.0 Å². The molecule has 1 N–H and O–H groups in total. The van der Waals surface area contributed by atoms with Crippen LogP contribution in [0.5, 0.6) is 0 Å². The Balaban J connectivity index is 1.21. The third kappa shape index (κ3) is 3.65. The number of ether oxygens (including phenoxy) is 2. The lowest BCUT2D eigenvalue weighted by atomic mass is 9.79. The van der Waals surface area contributed by atoms with Crippen molar-refractivity contribution in [2.75, 3.05) is 19.7 Å². The molecule has 6 nitrogen and oxygen atoms in total. The predicted octanol–water partition coefficient (Wildman–Crippen LogP) is 2.97. The number of amides is 2. The van der Waals surface area contributed by atoms with Crippen molar-refractivity contribution in [2.45, 2.75) is 37.3 Å². The van der Waals surface area contributed by atoms with E-state index in [1.807, 2.05) is 0 Å². The van der Waals surface area contributed by atoms with Crippen LogP contribution in [-0.4, -0.2) is 48.2 Å². The summed E-state index contributed by atoms with van der Waals surface area (Å²) in [5, 5.41) is 2.37. The summed E-state index contributed by atoms with van der Waals surface area (Å²) < 4.78 is 48.7. The number of likely N-dealkylation sites (tertiary alicyclic amines) is 1. The SMILES string of the molecule is O=C1NC2(CO1)CN(C(=O)[C@H]1C[C@@H](OCc3ccc(C(F)(F)F)c(Cl)c3)C1)C2. The van der Waals surface area contributed by atoms with Crippen LogP contribution in [0.2, 0.25) is 5.02 Å². The first kappa shape index (κ1) is 19.3. The van der Waals surface area contributed by atoms with Crippen LogP contribution in [-0.2, 0) is 27.1 Å². The number of alkyl halides is 3. The molecule has 2 amide bonds. The average Bonchev–Trinajstić information content (AvgIpc) is 2.93. The highest BCUT2D eigenvalue weighted by atomic mass is 35.5. The summed E-state index contributed by atoms with van der Waals surface area (Å²) in [5.74, 6) is -0.0965. The van der Waals surface area contributed by atoms with Crippen molar-refractivity contribution in [3.63, 3.8) is 0 Å². The van der Waals surface area contributed by atoms with Crippen LogP contribution in [0.4, 0.5) is 18.0 Å². The summed E-state index contributed by atoms with van der Waals surface area (Å²) in [4.78, 5) is 25.3. The van der Waals surface area contributed by atoms with Crippen molar-refractivity contribution >= 4 is 23.6 Å². The van der Waals surface area contributed by atoms with E-state index in [2.05, 4.69) is 5.32 Å². The summed E-state index contributed by atoms with van der Waals surface area (Å²) >= 11 is 5.70. The fourth-order valence-electron chi connectivity index (χ4n) is 3.76. The van der Waals surface area contributed by atoms with Gasteiger partial charge in [0.25, 0.3) is 0 Å². The fourth-order valence-corrected chi connectivity index (χ4v) is 4.07. The second kappa shape index (κ2) is 6.81. The first-order chi connectivity index (χ1) is 13.2. The van der Waals surface area contributed by atoms with Gasteiger partial charge in [-0.05, 0) is 30.5 Å². The van der Waals surface area contributed by atoms with Crippen molar-refractivity contribution in [3.05, 3.63) is 34.3 Å². The number of rotatable bonds is 4. The predicted molar refractivity (Wildman–Crippen MR) is 91.5 cm³/mol. The number of nitrogens with one attached hydrogen (secondary N) is 1. The van der Waals surface area contributed by atoms with Crippen LogP contribution in [0, 0.1) is 5.92 Å². The van der Waals surface area contributed by atoms with Crippen LogP contribution < -0.4 is 5.32 Å². The Labute approximate surface area is 163 Å². The molecule has 28 heavy (non-hydrogen) atoms. The second-order valence-corrected chi connectivity index (χ2v) is 8.00. The van der Waals surface area contributed by atoms with Gasteiger partial charge in [-0.2, -0.15) is 13.2 Å². The first-order valence-electron chi connectivity index (χ1n) is 8.86. The Kier molecular flexibility index (Phi) is 4.70. The minimum absolute atomic E-state index is 0.0317. The number of hydrogen-bond acceptors (Lipinski definition) is 4. The van der Waals surface area contributed by atoms with Crippen LogP contribution in [0.25, 0.3) is 0 Å². The van der Waals surface area contributed by atoms with E-state index in [1.165, 1.54) is 12.1 Å². The zero-order chi connectivity index (χ0) is 20.1. The molecule has 0 unspecified atom stereocenters. The standard InChI is InChI=1S/C18H18ClF3N2O4/c19-14-3-10(1-2-13(14)18(20,21)22)6-27-12-4-11(5-12)15(25)24-7-17(8-24)9-28-16(26)23-17/h1-3,11-12H,4-9H2,(H,23,26)/t11-,12+. The Morgan fingerprint density at radius 3 is 2.64 bits per heavy atom. The third-order valence-electron chi connectivity index (χ3n) is 5.41. The molecule has 0 atom stereocenters. The summed E-state index contributed by atoms with van der Waals surface area (Å²) in [6.07, 6.45) is -3.91. The van der Waals surface area contributed by atoms with Gasteiger partial charge in [0.15, 0.2) is 0 Å². The number of nitrogens with zero attached hydrogens (tertiary/aromatic N) is 1. The van der Waals surface area contributed by atoms with Crippen molar-refractivity contribution in [3.8, 4) is 0 Å². The fraction of sp³-hybridized carbons (Fsp3) is 0.556. The first-order valence-corrected chi connectivity index (χ1v) is 9.24. The molecule has 3 fully saturated rings. The topological polar surface area (TPSA) is 67.9 Å². The maximum atomic E-state index is 12.7. The van der Waals surface area contributed by atoms with E-state index in [4.69, 9.17) is 21.1 Å². The van der Waals surface area contributed by atoms with E-state index < -0.39 is 23.4 Å². The largest absolute Gasteiger partial charge is 0.447 e. The van der Waals surface area contributed by atoms with Gasteiger partial charge in [-0.25, -0.2) is 4.79 Å². The van der Waals surface area contributed by atoms with Gasteiger partial charge in [-0.15, -0.1) is 0 Å². The molecule has 3 aliphatic rings. The van der Waals surface area contributed by atoms with Crippen LogP contribution in [0.1, 0.15) is 24.0 Å². The lowest BCUT2D eigenvalue weighted by Crippen LogP contribution is -2.71. The second-order valence-electron chi connectivity index (χ2n) is 7.59. The lowest BCUT2D eigenvalue weighted by Gasteiger charge is -2.48. The van der Waals surface area contributed by atoms with Gasteiger partial charge in [0.2, 0.25) is 5.91 Å². The van der Waals surface area contributed by atoms with E-state index >= 15 is 0 Å². The Bertz CT molecular complexity index is 805. The van der Waals surface area contributed by atoms with Crippen LogP contribution >= 0.6 is 11.6 Å². The number of alkyl carbamates (subject to hydrolysis) is 1. The van der Waals surface area contributed by atoms with Gasteiger partial charge in [0.05, 0.1) is 23.3 Å². The lowest BCUT2D eigenvalue weighted by molar-refractivity contribution is -0.153. The monoisotopic (exact) mass is 418 g/mol. The zero-order valence-corrected chi connectivity index (χ0v) is 15.5. The molecule has 10 heteroatoms. The Morgan fingerprint density at radius 2 is 2.07 bits per heavy atom. The van der Waals surface area contributed by atoms with Gasteiger partial charge >= 0.3 is 12.3 Å². The van der Waals surface area contributed by atoms with E-state index in [-0.39, 0.29) is 36.2 Å². The van der Waals surface area contributed by atoms with Crippen LogP contribution in [0.3, 0.4) is 0 Å². The molecule has 152 valence electrons.